The zero-order valence-corrected chi connectivity index (χ0v) is 22.1. The van der Waals surface area contributed by atoms with Gasteiger partial charge in [-0.05, 0) is 92.9 Å². The fraction of sp³-hybridized carbons (Fsp3) is 0.464. The number of carbonyl (C=O) groups is 3. The molecule has 4 aliphatic rings. The van der Waals surface area contributed by atoms with Crippen LogP contribution in [0.2, 0.25) is 0 Å². The third kappa shape index (κ3) is 5.92. The summed E-state index contributed by atoms with van der Waals surface area (Å²) in [5.74, 6) is 1.61. The van der Waals surface area contributed by atoms with Crippen molar-refractivity contribution in [2.24, 2.45) is 17.8 Å². The van der Waals surface area contributed by atoms with Crippen LogP contribution >= 0.6 is 23.5 Å². The van der Waals surface area contributed by atoms with E-state index in [0.29, 0.717) is 16.1 Å². The van der Waals surface area contributed by atoms with E-state index in [2.05, 4.69) is 10.6 Å². The van der Waals surface area contributed by atoms with Crippen LogP contribution in [-0.4, -0.2) is 41.9 Å². The number of nitrogens with one attached hydrogen (secondary N) is 2. The third-order valence-electron chi connectivity index (χ3n) is 7.60. The fourth-order valence-corrected chi connectivity index (χ4v) is 7.91. The second kappa shape index (κ2) is 10.9. The summed E-state index contributed by atoms with van der Waals surface area (Å²) >= 11 is 2.92. The molecule has 0 heterocycles. The van der Waals surface area contributed by atoms with Gasteiger partial charge in [0.25, 0.3) is 5.91 Å². The summed E-state index contributed by atoms with van der Waals surface area (Å²) in [6.45, 7) is -0.381. The number of amides is 2. The maximum atomic E-state index is 12.9. The summed E-state index contributed by atoms with van der Waals surface area (Å²) in [6.07, 6.45) is 9.31. The van der Waals surface area contributed by atoms with Gasteiger partial charge in [-0.3, -0.25) is 9.59 Å². The van der Waals surface area contributed by atoms with Crippen LogP contribution in [0.15, 0.2) is 58.3 Å². The minimum absolute atomic E-state index is 0.0203. The van der Waals surface area contributed by atoms with E-state index < -0.39 is 11.9 Å². The standard InChI is InChI=1S/C28H32N2O4S2/c1-35-22-6-4-5-21(12-22)29-25(31)16-34-27(33)23-7-2-3-8-24(23)36-17-26(32)30-28-13-18-9-19(14-28)11-20(10-18)15-28/h2-8,12,18-20H,9-11,13-17H2,1H3,(H,29,31)(H,30,32). The number of carbonyl (C=O) groups excluding carboxylic acids is 3. The lowest BCUT2D eigenvalue weighted by Crippen LogP contribution is -2.60. The Balaban J connectivity index is 1.13. The van der Waals surface area contributed by atoms with Crippen molar-refractivity contribution in [2.75, 3.05) is 23.9 Å². The number of rotatable bonds is 9. The Hall–Kier alpha value is -2.45. The van der Waals surface area contributed by atoms with Gasteiger partial charge < -0.3 is 15.4 Å². The van der Waals surface area contributed by atoms with Gasteiger partial charge in [-0.15, -0.1) is 23.5 Å². The Morgan fingerprint density at radius 2 is 1.64 bits per heavy atom. The van der Waals surface area contributed by atoms with Crippen LogP contribution in [0.1, 0.15) is 48.9 Å². The quantitative estimate of drug-likeness (QED) is 0.338. The molecule has 2 aromatic carbocycles. The molecule has 0 aliphatic heterocycles. The molecule has 4 aliphatic carbocycles. The highest BCUT2D eigenvalue weighted by molar-refractivity contribution is 8.00. The molecule has 6 nitrogen and oxygen atoms in total. The molecule has 0 spiro atoms. The second-order valence-electron chi connectivity index (χ2n) is 10.4. The topological polar surface area (TPSA) is 84.5 Å². The van der Waals surface area contributed by atoms with Gasteiger partial charge in [0.2, 0.25) is 5.91 Å². The molecule has 0 radical (unpaired) electrons. The molecule has 4 saturated carbocycles. The average molecular weight is 525 g/mol. The monoisotopic (exact) mass is 524 g/mol. The molecule has 8 heteroatoms. The van der Waals surface area contributed by atoms with Gasteiger partial charge in [-0.2, -0.15) is 0 Å². The van der Waals surface area contributed by atoms with E-state index in [1.54, 1.807) is 30.0 Å². The minimum Gasteiger partial charge on any atom is -0.452 e. The van der Waals surface area contributed by atoms with Crippen LogP contribution < -0.4 is 10.6 Å². The summed E-state index contributed by atoms with van der Waals surface area (Å²) in [5.41, 5.74) is 0.999. The van der Waals surface area contributed by atoms with Crippen molar-refractivity contribution in [3.05, 3.63) is 54.1 Å². The first-order valence-corrected chi connectivity index (χ1v) is 14.8. The second-order valence-corrected chi connectivity index (χ2v) is 12.3. The normalized spacial score (nSPS) is 25.9. The van der Waals surface area contributed by atoms with Crippen molar-refractivity contribution >= 4 is 47.0 Å². The molecular weight excluding hydrogens is 492 g/mol. The van der Waals surface area contributed by atoms with Crippen LogP contribution in [0.3, 0.4) is 0 Å². The van der Waals surface area contributed by atoms with E-state index in [-0.39, 0.29) is 23.8 Å². The first-order chi connectivity index (χ1) is 17.4. The molecule has 2 aromatic rings. The van der Waals surface area contributed by atoms with Gasteiger partial charge in [-0.1, -0.05) is 18.2 Å². The highest BCUT2D eigenvalue weighted by Gasteiger charge is 2.51. The highest BCUT2D eigenvalue weighted by atomic mass is 32.2. The van der Waals surface area contributed by atoms with Crippen molar-refractivity contribution < 1.29 is 19.1 Å². The molecule has 0 atom stereocenters. The van der Waals surface area contributed by atoms with E-state index in [1.807, 2.05) is 36.6 Å². The third-order valence-corrected chi connectivity index (χ3v) is 9.40. The summed E-state index contributed by atoms with van der Waals surface area (Å²) < 4.78 is 5.29. The predicted octanol–water partition coefficient (Wildman–Crippen LogP) is 5.38. The fourth-order valence-electron chi connectivity index (χ4n) is 6.61. The number of anilines is 1. The Morgan fingerprint density at radius 3 is 2.33 bits per heavy atom. The maximum absolute atomic E-state index is 12.9. The van der Waals surface area contributed by atoms with Crippen molar-refractivity contribution in [3.63, 3.8) is 0 Å². The molecule has 4 fully saturated rings. The Morgan fingerprint density at radius 1 is 0.944 bits per heavy atom. The molecule has 0 saturated heterocycles. The Kier molecular flexibility index (Phi) is 7.62. The van der Waals surface area contributed by atoms with Gasteiger partial charge in [-0.25, -0.2) is 4.79 Å². The SMILES string of the molecule is CSc1cccc(NC(=O)COC(=O)c2ccccc2SCC(=O)NC23CC4CC(CC(C4)C2)C3)c1. The number of thioether (sulfide) groups is 2. The van der Waals surface area contributed by atoms with Crippen molar-refractivity contribution in [1.29, 1.82) is 0 Å². The lowest BCUT2D eigenvalue weighted by molar-refractivity contribution is -0.124. The number of hydrogen-bond acceptors (Lipinski definition) is 6. The van der Waals surface area contributed by atoms with Crippen LogP contribution in [0, 0.1) is 17.8 Å². The van der Waals surface area contributed by atoms with Crippen LogP contribution in [0.25, 0.3) is 0 Å². The first-order valence-electron chi connectivity index (χ1n) is 12.6. The number of benzene rings is 2. The smallest absolute Gasteiger partial charge is 0.339 e. The van der Waals surface area contributed by atoms with Gasteiger partial charge in [0.1, 0.15) is 0 Å². The van der Waals surface area contributed by atoms with E-state index in [1.165, 1.54) is 31.0 Å². The lowest BCUT2D eigenvalue weighted by atomic mass is 9.53. The van der Waals surface area contributed by atoms with Crippen LogP contribution in [0.5, 0.6) is 0 Å². The Bertz CT molecular complexity index is 1120. The molecule has 0 unspecified atom stereocenters. The molecule has 4 bridgehead atoms. The number of hydrogen-bond donors (Lipinski definition) is 2. The highest BCUT2D eigenvalue weighted by Crippen LogP contribution is 2.55. The average Bonchev–Trinajstić information content (AvgIpc) is 2.85. The van der Waals surface area contributed by atoms with E-state index in [4.69, 9.17) is 4.74 Å². The molecule has 6 rings (SSSR count). The zero-order valence-electron chi connectivity index (χ0n) is 20.5. The molecule has 0 aromatic heterocycles. The minimum atomic E-state index is -0.576. The van der Waals surface area contributed by atoms with Gasteiger partial charge >= 0.3 is 5.97 Å². The van der Waals surface area contributed by atoms with Crippen LogP contribution in [0.4, 0.5) is 5.69 Å². The van der Waals surface area contributed by atoms with Crippen molar-refractivity contribution in [3.8, 4) is 0 Å². The number of ether oxygens (including phenoxy) is 1. The summed E-state index contributed by atoms with van der Waals surface area (Å²) in [7, 11) is 0. The Labute approximate surface area is 220 Å². The molecule has 2 N–H and O–H groups in total. The number of esters is 1. The van der Waals surface area contributed by atoms with E-state index in [9.17, 15) is 14.4 Å². The van der Waals surface area contributed by atoms with Crippen LogP contribution in [-0.2, 0) is 14.3 Å². The summed E-state index contributed by atoms with van der Waals surface area (Å²) in [5, 5.41) is 6.14. The maximum Gasteiger partial charge on any atom is 0.339 e. The van der Waals surface area contributed by atoms with E-state index in [0.717, 1.165) is 41.9 Å². The molecule has 36 heavy (non-hydrogen) atoms. The molecular formula is C28H32N2O4S2. The zero-order chi connectivity index (χ0) is 25.1. The molecule has 190 valence electrons. The predicted molar refractivity (Wildman–Crippen MR) is 143 cm³/mol. The summed E-state index contributed by atoms with van der Waals surface area (Å²) in [4.78, 5) is 39.7. The van der Waals surface area contributed by atoms with Gasteiger partial charge in [0.15, 0.2) is 6.61 Å². The lowest BCUT2D eigenvalue weighted by Gasteiger charge is -2.56. The van der Waals surface area contributed by atoms with Gasteiger partial charge in [0.05, 0.1) is 11.3 Å². The van der Waals surface area contributed by atoms with Crippen molar-refractivity contribution in [1.82, 2.24) is 5.32 Å². The van der Waals surface area contributed by atoms with E-state index >= 15 is 0 Å². The largest absolute Gasteiger partial charge is 0.452 e. The van der Waals surface area contributed by atoms with Gasteiger partial charge in [0, 0.05) is 21.0 Å². The summed E-state index contributed by atoms with van der Waals surface area (Å²) in [6, 6.07) is 14.5. The molecule has 2 amide bonds. The first kappa shape index (κ1) is 25.2. The van der Waals surface area contributed by atoms with Crippen molar-refractivity contribution in [2.45, 2.75) is 53.9 Å².